The largest absolute Gasteiger partial charge is 0.439 e. The maximum atomic E-state index is 12.7. The van der Waals surface area contributed by atoms with Gasteiger partial charge in [-0.1, -0.05) is 18.2 Å². The van der Waals surface area contributed by atoms with Crippen LogP contribution in [-0.2, 0) is 12.6 Å². The number of nitrogens with zero attached hydrogens (tertiary/aromatic N) is 2. The third kappa shape index (κ3) is 4.55. The Morgan fingerprint density at radius 1 is 1.03 bits per heavy atom. The fourth-order valence-corrected chi connectivity index (χ4v) is 3.38. The van der Waals surface area contributed by atoms with E-state index in [9.17, 15) is 18.3 Å². The lowest BCUT2D eigenvalue weighted by molar-refractivity contribution is -0.137. The first kappa shape index (κ1) is 20.9. The molecule has 0 radical (unpaired) electrons. The summed E-state index contributed by atoms with van der Waals surface area (Å²) in [7, 11) is 0. The smallest absolute Gasteiger partial charge is 0.417 e. The van der Waals surface area contributed by atoms with Crippen LogP contribution >= 0.6 is 0 Å². The SMILES string of the molecule is N[C@H](CO)Cc1cn(-c2ccc(Oc3ccc(C(F)(F)F)cn3)cc2)c2ccccc12. The molecule has 0 aliphatic heterocycles. The fraction of sp³-hybridized carbons (Fsp3) is 0.174. The molecular formula is C23H20F3N3O2. The minimum Gasteiger partial charge on any atom is -0.439 e. The van der Waals surface area contributed by atoms with Crippen molar-refractivity contribution < 1.29 is 23.0 Å². The van der Waals surface area contributed by atoms with E-state index in [4.69, 9.17) is 10.5 Å². The number of pyridine rings is 1. The summed E-state index contributed by atoms with van der Waals surface area (Å²) in [5, 5.41) is 10.3. The first-order chi connectivity index (χ1) is 14.8. The quantitative estimate of drug-likeness (QED) is 0.468. The van der Waals surface area contributed by atoms with Crippen LogP contribution in [0.2, 0.25) is 0 Å². The van der Waals surface area contributed by atoms with Crippen molar-refractivity contribution in [1.82, 2.24) is 9.55 Å². The Kier molecular flexibility index (Phi) is 5.67. The molecule has 0 saturated heterocycles. The summed E-state index contributed by atoms with van der Waals surface area (Å²) in [6, 6.07) is 16.8. The van der Waals surface area contributed by atoms with E-state index in [-0.39, 0.29) is 18.5 Å². The topological polar surface area (TPSA) is 73.3 Å². The standard InChI is InChI=1S/C23H20F3N3O2/c24-23(25,26)16-5-10-22(28-12-16)31-19-8-6-18(7-9-19)29-13-15(11-17(27)14-30)20-3-1-2-4-21(20)29/h1-10,12-13,17,30H,11,14,27H2/t17-/m0/s1. The van der Waals surface area contributed by atoms with Crippen LogP contribution in [0.4, 0.5) is 13.2 Å². The molecule has 0 unspecified atom stereocenters. The molecule has 2 heterocycles. The van der Waals surface area contributed by atoms with E-state index in [0.29, 0.717) is 12.2 Å². The molecule has 2 aromatic heterocycles. The summed E-state index contributed by atoms with van der Waals surface area (Å²) in [5.74, 6) is 0.530. The van der Waals surface area contributed by atoms with Crippen LogP contribution in [0.25, 0.3) is 16.6 Å². The zero-order chi connectivity index (χ0) is 22.0. The number of aliphatic hydroxyl groups excluding tert-OH is 1. The number of halogens is 3. The van der Waals surface area contributed by atoms with Crippen LogP contribution < -0.4 is 10.5 Å². The monoisotopic (exact) mass is 427 g/mol. The summed E-state index contributed by atoms with van der Waals surface area (Å²) in [6.45, 7) is -0.0937. The molecule has 0 spiro atoms. The van der Waals surface area contributed by atoms with Crippen molar-refractivity contribution >= 4 is 10.9 Å². The number of benzene rings is 2. The fourth-order valence-electron chi connectivity index (χ4n) is 3.38. The molecule has 0 aliphatic rings. The number of para-hydroxylation sites is 1. The second-order valence-corrected chi connectivity index (χ2v) is 7.17. The molecule has 5 nitrogen and oxygen atoms in total. The van der Waals surface area contributed by atoms with Gasteiger partial charge in [0.05, 0.1) is 17.7 Å². The van der Waals surface area contributed by atoms with Gasteiger partial charge in [0.25, 0.3) is 0 Å². The van der Waals surface area contributed by atoms with Gasteiger partial charge in [-0.2, -0.15) is 13.2 Å². The van der Waals surface area contributed by atoms with E-state index in [0.717, 1.165) is 34.4 Å². The number of nitrogens with two attached hydrogens (primary N) is 1. The Morgan fingerprint density at radius 2 is 1.77 bits per heavy atom. The number of hydrogen-bond acceptors (Lipinski definition) is 4. The highest BCUT2D eigenvalue weighted by Crippen LogP contribution is 2.31. The van der Waals surface area contributed by atoms with Crippen LogP contribution in [0.3, 0.4) is 0 Å². The minimum absolute atomic E-state index is 0.0763. The van der Waals surface area contributed by atoms with Gasteiger partial charge in [0.15, 0.2) is 0 Å². The zero-order valence-corrected chi connectivity index (χ0v) is 16.4. The molecule has 2 aromatic carbocycles. The van der Waals surface area contributed by atoms with E-state index in [1.807, 2.05) is 47.2 Å². The lowest BCUT2D eigenvalue weighted by Crippen LogP contribution is -2.26. The highest BCUT2D eigenvalue weighted by atomic mass is 19.4. The second-order valence-electron chi connectivity index (χ2n) is 7.17. The van der Waals surface area contributed by atoms with Crippen molar-refractivity contribution in [2.24, 2.45) is 5.73 Å². The van der Waals surface area contributed by atoms with Gasteiger partial charge in [-0.15, -0.1) is 0 Å². The molecule has 31 heavy (non-hydrogen) atoms. The van der Waals surface area contributed by atoms with Gasteiger partial charge in [0.1, 0.15) is 5.75 Å². The van der Waals surface area contributed by atoms with Gasteiger partial charge in [-0.05, 0) is 48.4 Å². The van der Waals surface area contributed by atoms with E-state index in [2.05, 4.69) is 4.98 Å². The van der Waals surface area contributed by atoms with Gasteiger partial charge in [0, 0.05) is 35.6 Å². The van der Waals surface area contributed by atoms with Crippen LogP contribution in [0.15, 0.2) is 73.1 Å². The molecule has 0 amide bonds. The number of rotatable bonds is 6. The van der Waals surface area contributed by atoms with E-state index < -0.39 is 11.7 Å². The molecule has 0 fully saturated rings. The van der Waals surface area contributed by atoms with Crippen molar-refractivity contribution in [3.05, 3.63) is 84.2 Å². The molecule has 8 heteroatoms. The Labute approximate surface area is 176 Å². The van der Waals surface area contributed by atoms with Crippen LogP contribution in [0.1, 0.15) is 11.1 Å². The van der Waals surface area contributed by atoms with Crippen LogP contribution in [-0.4, -0.2) is 27.3 Å². The van der Waals surface area contributed by atoms with Gasteiger partial charge in [-0.25, -0.2) is 4.98 Å². The number of aliphatic hydroxyl groups is 1. The Balaban J connectivity index is 1.58. The molecule has 0 bridgehead atoms. The van der Waals surface area contributed by atoms with Gasteiger partial charge in [0.2, 0.25) is 5.88 Å². The summed E-state index contributed by atoms with van der Waals surface area (Å²) in [4.78, 5) is 3.72. The Hall–Kier alpha value is -3.36. The highest BCUT2D eigenvalue weighted by molar-refractivity contribution is 5.85. The van der Waals surface area contributed by atoms with Crippen LogP contribution in [0, 0.1) is 0 Å². The van der Waals surface area contributed by atoms with Gasteiger partial charge in [-0.3, -0.25) is 0 Å². The average molecular weight is 427 g/mol. The van der Waals surface area contributed by atoms with Crippen molar-refractivity contribution in [1.29, 1.82) is 0 Å². The van der Waals surface area contributed by atoms with Gasteiger partial charge < -0.3 is 20.1 Å². The molecule has 0 aliphatic carbocycles. The van der Waals surface area contributed by atoms with Gasteiger partial charge >= 0.3 is 6.18 Å². The molecule has 4 aromatic rings. The first-order valence-electron chi connectivity index (χ1n) is 9.62. The van der Waals surface area contributed by atoms with Crippen molar-refractivity contribution in [3.8, 4) is 17.3 Å². The molecular weight excluding hydrogens is 407 g/mol. The molecule has 1 atom stereocenters. The number of alkyl halides is 3. The van der Waals surface area contributed by atoms with Crippen molar-refractivity contribution in [3.63, 3.8) is 0 Å². The molecule has 4 rings (SSSR count). The number of aromatic nitrogens is 2. The van der Waals surface area contributed by atoms with Crippen LogP contribution in [0.5, 0.6) is 11.6 Å². The average Bonchev–Trinajstić information content (AvgIpc) is 3.12. The summed E-state index contributed by atoms with van der Waals surface area (Å²) in [5.41, 5.74) is 8.02. The predicted molar refractivity (Wildman–Crippen MR) is 111 cm³/mol. The zero-order valence-electron chi connectivity index (χ0n) is 16.4. The number of ether oxygens (including phenoxy) is 1. The van der Waals surface area contributed by atoms with E-state index in [1.165, 1.54) is 6.07 Å². The Morgan fingerprint density at radius 3 is 2.42 bits per heavy atom. The number of hydrogen-bond donors (Lipinski definition) is 2. The molecule has 3 N–H and O–H groups in total. The second kappa shape index (κ2) is 8.41. The third-order valence-corrected chi connectivity index (χ3v) is 4.91. The van der Waals surface area contributed by atoms with Crippen molar-refractivity contribution in [2.45, 2.75) is 18.6 Å². The lowest BCUT2D eigenvalue weighted by atomic mass is 10.1. The highest BCUT2D eigenvalue weighted by Gasteiger charge is 2.30. The summed E-state index contributed by atoms with van der Waals surface area (Å²) >= 11 is 0. The normalized spacial score (nSPS) is 12.8. The predicted octanol–water partition coefficient (Wildman–Crippen LogP) is 4.70. The number of fused-ring (bicyclic) bond motifs is 1. The Bertz CT molecular complexity index is 1170. The maximum absolute atomic E-state index is 12.7. The first-order valence-corrected chi connectivity index (χ1v) is 9.62. The summed E-state index contributed by atoms with van der Waals surface area (Å²) in [6.07, 6.45) is -1.15. The maximum Gasteiger partial charge on any atom is 0.417 e. The third-order valence-electron chi connectivity index (χ3n) is 4.91. The van der Waals surface area contributed by atoms with E-state index in [1.54, 1.807) is 12.1 Å². The summed E-state index contributed by atoms with van der Waals surface area (Å²) < 4.78 is 45.5. The lowest BCUT2D eigenvalue weighted by Gasteiger charge is -2.09. The van der Waals surface area contributed by atoms with Crippen molar-refractivity contribution in [2.75, 3.05) is 6.61 Å². The molecule has 0 saturated carbocycles. The van der Waals surface area contributed by atoms with E-state index >= 15 is 0 Å². The minimum atomic E-state index is -4.44. The molecule has 160 valence electrons.